The molecule has 1 fully saturated rings. The summed E-state index contributed by atoms with van der Waals surface area (Å²) in [5.41, 5.74) is 18.7. The van der Waals surface area contributed by atoms with Gasteiger partial charge in [-0.05, 0) is 54.5 Å². The molecule has 1 aliphatic carbocycles. The minimum atomic E-state index is -0.0194. The van der Waals surface area contributed by atoms with Crippen molar-refractivity contribution in [2.24, 2.45) is 0 Å². The van der Waals surface area contributed by atoms with Crippen LogP contribution in [0.1, 0.15) is 75.0 Å². The first-order chi connectivity index (χ1) is 12.2. The minimum absolute atomic E-state index is 0.0194. The van der Waals surface area contributed by atoms with E-state index in [1.807, 2.05) is 12.1 Å². The molecule has 0 bridgehead atoms. The van der Waals surface area contributed by atoms with Gasteiger partial charge in [0.1, 0.15) is 0 Å². The molecule has 0 unspecified atom stereocenters. The van der Waals surface area contributed by atoms with E-state index in [9.17, 15) is 0 Å². The van der Waals surface area contributed by atoms with Crippen LogP contribution in [-0.4, -0.2) is 0 Å². The van der Waals surface area contributed by atoms with Crippen LogP contribution >= 0.6 is 0 Å². The molecule has 4 N–H and O–H groups in total. The van der Waals surface area contributed by atoms with E-state index in [0.29, 0.717) is 0 Å². The summed E-state index contributed by atoms with van der Waals surface area (Å²) in [7, 11) is 0. The summed E-state index contributed by atoms with van der Waals surface area (Å²) in [6.45, 7) is 2.25. The normalized spacial score (nSPS) is 16.7. The van der Waals surface area contributed by atoms with E-state index < -0.39 is 0 Å². The Morgan fingerprint density at radius 3 is 2.28 bits per heavy atom. The molecule has 0 aliphatic heterocycles. The lowest BCUT2D eigenvalue weighted by Crippen LogP contribution is -2.32. The number of rotatable bonds is 6. The van der Waals surface area contributed by atoms with Gasteiger partial charge in [0.05, 0.1) is 0 Å². The Labute approximate surface area is 152 Å². The SMILES string of the molecule is CCCCCc1ccc(N)c(C2(c3ccccc3N)CCCCC2)c1. The van der Waals surface area contributed by atoms with Crippen LogP contribution in [0, 0.1) is 0 Å². The van der Waals surface area contributed by atoms with Crippen molar-refractivity contribution in [2.45, 2.75) is 70.1 Å². The van der Waals surface area contributed by atoms with Crippen molar-refractivity contribution < 1.29 is 0 Å². The maximum Gasteiger partial charge on any atom is 0.0355 e. The summed E-state index contributed by atoms with van der Waals surface area (Å²) in [5.74, 6) is 0. The Balaban J connectivity index is 2.05. The van der Waals surface area contributed by atoms with Crippen molar-refractivity contribution >= 4 is 11.4 Å². The highest BCUT2D eigenvalue weighted by Crippen LogP contribution is 2.48. The summed E-state index contributed by atoms with van der Waals surface area (Å²) in [6, 6.07) is 15.1. The van der Waals surface area contributed by atoms with Gasteiger partial charge in [0.25, 0.3) is 0 Å². The largest absolute Gasteiger partial charge is 0.398 e. The fourth-order valence-electron chi connectivity index (χ4n) is 4.52. The first kappa shape index (κ1) is 17.8. The second-order valence-corrected chi connectivity index (χ2v) is 7.61. The van der Waals surface area contributed by atoms with Crippen LogP contribution in [0.5, 0.6) is 0 Å². The highest BCUT2D eigenvalue weighted by Gasteiger charge is 2.38. The molecule has 1 saturated carbocycles. The fraction of sp³-hybridized carbons (Fsp3) is 0.478. The molecule has 134 valence electrons. The van der Waals surface area contributed by atoms with E-state index in [1.165, 1.54) is 55.2 Å². The predicted octanol–water partition coefficient (Wildman–Crippen LogP) is 5.83. The first-order valence-corrected chi connectivity index (χ1v) is 9.91. The molecular formula is C23H32N2. The Hall–Kier alpha value is -1.96. The monoisotopic (exact) mass is 336 g/mol. The Kier molecular flexibility index (Phi) is 5.67. The highest BCUT2D eigenvalue weighted by atomic mass is 14.6. The van der Waals surface area contributed by atoms with E-state index in [4.69, 9.17) is 11.5 Å². The Morgan fingerprint density at radius 1 is 0.840 bits per heavy atom. The van der Waals surface area contributed by atoms with Gasteiger partial charge < -0.3 is 11.5 Å². The topological polar surface area (TPSA) is 52.0 Å². The van der Waals surface area contributed by atoms with Crippen LogP contribution in [-0.2, 0) is 11.8 Å². The molecule has 2 nitrogen and oxygen atoms in total. The van der Waals surface area contributed by atoms with Gasteiger partial charge in [-0.15, -0.1) is 0 Å². The third-order valence-corrected chi connectivity index (χ3v) is 5.89. The van der Waals surface area contributed by atoms with E-state index >= 15 is 0 Å². The van der Waals surface area contributed by atoms with E-state index in [2.05, 4.69) is 37.3 Å². The van der Waals surface area contributed by atoms with Crippen LogP contribution in [0.15, 0.2) is 42.5 Å². The van der Waals surface area contributed by atoms with Gasteiger partial charge in [-0.25, -0.2) is 0 Å². The third-order valence-electron chi connectivity index (χ3n) is 5.89. The van der Waals surface area contributed by atoms with E-state index in [0.717, 1.165) is 30.6 Å². The smallest absolute Gasteiger partial charge is 0.0355 e. The molecular weight excluding hydrogens is 304 g/mol. The fourth-order valence-corrected chi connectivity index (χ4v) is 4.52. The van der Waals surface area contributed by atoms with Crippen LogP contribution in [0.4, 0.5) is 11.4 Å². The first-order valence-electron chi connectivity index (χ1n) is 9.91. The van der Waals surface area contributed by atoms with E-state index in [1.54, 1.807) is 0 Å². The summed E-state index contributed by atoms with van der Waals surface area (Å²) in [6.07, 6.45) is 11.0. The maximum atomic E-state index is 6.51. The quantitative estimate of drug-likeness (QED) is 0.515. The summed E-state index contributed by atoms with van der Waals surface area (Å²) < 4.78 is 0. The lowest BCUT2D eigenvalue weighted by molar-refractivity contribution is 0.348. The molecule has 3 rings (SSSR count). The minimum Gasteiger partial charge on any atom is -0.398 e. The summed E-state index contributed by atoms with van der Waals surface area (Å²) >= 11 is 0. The number of hydrogen-bond acceptors (Lipinski definition) is 2. The zero-order valence-corrected chi connectivity index (χ0v) is 15.6. The third kappa shape index (κ3) is 3.68. The molecule has 2 aromatic carbocycles. The number of para-hydroxylation sites is 1. The zero-order valence-electron chi connectivity index (χ0n) is 15.6. The number of unbranched alkanes of at least 4 members (excludes halogenated alkanes) is 2. The standard InChI is InChI=1S/C23H32N2/c1-2-3-5-10-18-13-14-22(25)20(17-18)23(15-8-4-9-16-23)19-11-6-7-12-21(19)24/h6-7,11-14,17H,2-5,8-10,15-16,24-25H2,1H3. The van der Waals surface area contributed by atoms with E-state index in [-0.39, 0.29) is 5.41 Å². The summed E-state index contributed by atoms with van der Waals surface area (Å²) in [5, 5.41) is 0. The number of nitrogens with two attached hydrogens (primary N) is 2. The second-order valence-electron chi connectivity index (χ2n) is 7.61. The number of benzene rings is 2. The predicted molar refractivity (Wildman–Crippen MR) is 109 cm³/mol. The number of anilines is 2. The molecule has 0 aromatic heterocycles. The highest BCUT2D eigenvalue weighted by molar-refractivity contribution is 5.62. The number of aryl methyl sites for hydroxylation is 1. The van der Waals surface area contributed by atoms with Crippen molar-refractivity contribution in [1.82, 2.24) is 0 Å². The maximum absolute atomic E-state index is 6.51. The summed E-state index contributed by atoms with van der Waals surface area (Å²) in [4.78, 5) is 0. The lowest BCUT2D eigenvalue weighted by Gasteiger charge is -2.40. The van der Waals surface area contributed by atoms with Gasteiger partial charge in [0.2, 0.25) is 0 Å². The van der Waals surface area contributed by atoms with Gasteiger partial charge in [-0.1, -0.05) is 69.4 Å². The molecule has 0 amide bonds. The molecule has 0 atom stereocenters. The van der Waals surface area contributed by atoms with Gasteiger partial charge in [0, 0.05) is 16.8 Å². The molecule has 2 aromatic rings. The van der Waals surface area contributed by atoms with Crippen LogP contribution in [0.3, 0.4) is 0 Å². The van der Waals surface area contributed by atoms with Crippen LogP contribution < -0.4 is 11.5 Å². The number of nitrogen functional groups attached to an aromatic ring is 2. The molecule has 0 radical (unpaired) electrons. The van der Waals surface area contributed by atoms with Crippen molar-refractivity contribution in [1.29, 1.82) is 0 Å². The van der Waals surface area contributed by atoms with Crippen molar-refractivity contribution in [3.05, 3.63) is 59.2 Å². The molecule has 0 saturated heterocycles. The lowest BCUT2D eigenvalue weighted by atomic mass is 9.64. The zero-order chi connectivity index (χ0) is 17.7. The molecule has 0 heterocycles. The van der Waals surface area contributed by atoms with Crippen molar-refractivity contribution in [3.8, 4) is 0 Å². The molecule has 2 heteroatoms. The number of hydrogen-bond donors (Lipinski definition) is 2. The van der Waals surface area contributed by atoms with Gasteiger partial charge in [-0.3, -0.25) is 0 Å². The Bertz CT molecular complexity index is 699. The average Bonchev–Trinajstić information content (AvgIpc) is 2.64. The van der Waals surface area contributed by atoms with Crippen molar-refractivity contribution in [3.63, 3.8) is 0 Å². The molecule has 25 heavy (non-hydrogen) atoms. The van der Waals surface area contributed by atoms with Gasteiger partial charge in [-0.2, -0.15) is 0 Å². The molecule has 1 aliphatic rings. The van der Waals surface area contributed by atoms with Crippen LogP contribution in [0.25, 0.3) is 0 Å². The van der Waals surface area contributed by atoms with Gasteiger partial charge >= 0.3 is 0 Å². The van der Waals surface area contributed by atoms with Gasteiger partial charge in [0.15, 0.2) is 0 Å². The van der Waals surface area contributed by atoms with Crippen molar-refractivity contribution in [2.75, 3.05) is 11.5 Å². The average molecular weight is 337 g/mol. The molecule has 0 spiro atoms. The Morgan fingerprint density at radius 2 is 1.56 bits per heavy atom. The van der Waals surface area contributed by atoms with Crippen LogP contribution in [0.2, 0.25) is 0 Å². The second kappa shape index (κ2) is 7.95.